The average Bonchev–Trinajstić information content (AvgIpc) is 3.61. The summed E-state index contributed by atoms with van der Waals surface area (Å²) in [5.41, 5.74) is 2.68. The van der Waals surface area contributed by atoms with Crippen LogP contribution in [0, 0.1) is 0 Å². The molecule has 262 valence electrons. The second-order valence-corrected chi connectivity index (χ2v) is 16.2. The molecule has 2 saturated heterocycles. The van der Waals surface area contributed by atoms with Crippen LogP contribution in [0.15, 0.2) is 70.6 Å². The first-order chi connectivity index (χ1) is 23.5. The predicted molar refractivity (Wildman–Crippen MR) is 197 cm³/mol. The fraction of sp³-hybridized carbons (Fsp3) is 0.444. The minimum Gasteiger partial charge on any atom is -0.481 e. The van der Waals surface area contributed by atoms with Crippen LogP contribution in [0.3, 0.4) is 0 Å². The number of ether oxygens (including phenoxy) is 1. The fourth-order valence-electron chi connectivity index (χ4n) is 6.15. The number of aliphatic carboxylic acids is 1. The zero-order chi connectivity index (χ0) is 35.0. The van der Waals surface area contributed by atoms with Crippen LogP contribution in [0.1, 0.15) is 77.2 Å². The summed E-state index contributed by atoms with van der Waals surface area (Å²) >= 11 is 6.89. The Morgan fingerprint density at radius 2 is 1.63 bits per heavy atom. The molecule has 3 heterocycles. The molecule has 49 heavy (non-hydrogen) atoms. The van der Waals surface area contributed by atoms with Gasteiger partial charge in [0.05, 0.1) is 27.7 Å². The number of benzene rings is 2. The topological polar surface area (TPSA) is 122 Å². The number of thioether (sulfide) groups is 1. The van der Waals surface area contributed by atoms with Gasteiger partial charge in [-0.05, 0) is 57.0 Å². The number of unbranched alkanes of at least 4 members (excludes halogenated alkanes) is 7. The van der Waals surface area contributed by atoms with Crippen molar-refractivity contribution in [2.24, 2.45) is 0 Å². The number of nitrogens with zero attached hydrogens (tertiary/aromatic N) is 4. The van der Waals surface area contributed by atoms with Crippen LogP contribution in [0.5, 0.6) is 0 Å². The number of hydrogen-bond acceptors (Lipinski definition) is 8. The summed E-state index contributed by atoms with van der Waals surface area (Å²) in [6.45, 7) is 4.86. The molecule has 0 radical (unpaired) electrons. The van der Waals surface area contributed by atoms with Crippen molar-refractivity contribution in [3.63, 3.8) is 0 Å². The fourth-order valence-corrected chi connectivity index (χ4v) is 9.09. The lowest BCUT2D eigenvalue weighted by atomic mass is 10.1. The average molecular weight is 725 g/mol. The first-order valence-electron chi connectivity index (χ1n) is 16.9. The maximum absolute atomic E-state index is 13.7. The molecule has 3 aromatic rings. The Morgan fingerprint density at radius 3 is 2.31 bits per heavy atom. The third-order valence-electron chi connectivity index (χ3n) is 8.58. The Balaban J connectivity index is 1.31. The van der Waals surface area contributed by atoms with Gasteiger partial charge >= 0.3 is 5.97 Å². The molecule has 1 aromatic heterocycles. The van der Waals surface area contributed by atoms with Crippen molar-refractivity contribution < 1.29 is 27.9 Å². The highest BCUT2D eigenvalue weighted by Gasteiger charge is 2.34. The van der Waals surface area contributed by atoms with E-state index in [-0.39, 0.29) is 42.5 Å². The van der Waals surface area contributed by atoms with Gasteiger partial charge < -0.3 is 9.84 Å². The molecule has 13 heteroatoms. The van der Waals surface area contributed by atoms with Crippen LogP contribution in [-0.2, 0) is 24.3 Å². The minimum atomic E-state index is -3.78. The summed E-state index contributed by atoms with van der Waals surface area (Å²) in [7, 11) is -3.78. The lowest BCUT2D eigenvalue weighted by molar-refractivity contribution is -0.137. The van der Waals surface area contributed by atoms with E-state index in [2.05, 4.69) is 0 Å². The van der Waals surface area contributed by atoms with Crippen LogP contribution in [0.25, 0.3) is 23.0 Å². The monoisotopic (exact) mass is 724 g/mol. The number of carboxylic acid groups (broad SMARTS) is 1. The van der Waals surface area contributed by atoms with Gasteiger partial charge in [-0.2, -0.15) is 9.40 Å². The van der Waals surface area contributed by atoms with Gasteiger partial charge in [0, 0.05) is 43.4 Å². The van der Waals surface area contributed by atoms with E-state index >= 15 is 0 Å². The quantitative estimate of drug-likeness (QED) is 0.0934. The number of amides is 1. The van der Waals surface area contributed by atoms with Gasteiger partial charge in [0.2, 0.25) is 10.0 Å². The van der Waals surface area contributed by atoms with Crippen molar-refractivity contribution in [3.8, 4) is 16.9 Å². The molecule has 0 bridgehead atoms. The smallest absolute Gasteiger partial charge is 0.303 e. The second-order valence-electron chi connectivity index (χ2n) is 12.6. The van der Waals surface area contributed by atoms with Crippen molar-refractivity contribution in [2.75, 3.05) is 19.6 Å². The summed E-state index contributed by atoms with van der Waals surface area (Å²) < 4.78 is 37.0. The first kappa shape index (κ1) is 36.9. The van der Waals surface area contributed by atoms with Crippen molar-refractivity contribution in [2.45, 2.75) is 88.7 Å². The van der Waals surface area contributed by atoms with E-state index in [0.29, 0.717) is 32.6 Å². The van der Waals surface area contributed by atoms with E-state index < -0.39 is 16.0 Å². The van der Waals surface area contributed by atoms with Gasteiger partial charge in [-0.15, -0.1) is 0 Å². The number of hydrogen-bond donors (Lipinski definition) is 1. The SMILES string of the molecule is CC1CN(S(=O)(=O)c2cccc(-c3nn(-c4ccccc4)cc3C=C3SC(=S)N(CCCCCCCCCCC(=O)O)C3=O)c2)CC(C)O1. The Hall–Kier alpha value is -3.36. The Bertz CT molecular complexity index is 1770. The van der Waals surface area contributed by atoms with Crippen LogP contribution >= 0.6 is 24.0 Å². The first-order valence-corrected chi connectivity index (χ1v) is 19.6. The summed E-state index contributed by atoms with van der Waals surface area (Å²) in [5, 5.41) is 13.6. The molecule has 5 rings (SSSR count). The normalized spacial score (nSPS) is 19.6. The van der Waals surface area contributed by atoms with Crippen LogP contribution in [-0.4, -0.2) is 80.5 Å². The molecule has 0 saturated carbocycles. The molecular formula is C36H44N4O6S3. The Kier molecular flexibility index (Phi) is 12.8. The highest BCUT2D eigenvalue weighted by Crippen LogP contribution is 2.36. The highest BCUT2D eigenvalue weighted by molar-refractivity contribution is 8.26. The molecule has 2 aromatic carbocycles. The summed E-state index contributed by atoms with van der Waals surface area (Å²) in [5.74, 6) is -0.876. The van der Waals surface area contributed by atoms with Crippen molar-refractivity contribution >= 4 is 56.3 Å². The molecule has 1 amide bonds. The summed E-state index contributed by atoms with van der Waals surface area (Å²) in [4.78, 5) is 26.5. The second kappa shape index (κ2) is 17.0. The largest absolute Gasteiger partial charge is 0.481 e. The van der Waals surface area contributed by atoms with Crippen LogP contribution < -0.4 is 0 Å². The molecule has 0 spiro atoms. The van der Waals surface area contributed by atoms with E-state index in [1.165, 1.54) is 16.1 Å². The molecule has 2 atom stereocenters. The van der Waals surface area contributed by atoms with E-state index in [0.717, 1.165) is 57.1 Å². The van der Waals surface area contributed by atoms with Gasteiger partial charge in [0.25, 0.3) is 5.91 Å². The van der Waals surface area contributed by atoms with Gasteiger partial charge in [-0.1, -0.05) is 92.8 Å². The lowest BCUT2D eigenvalue weighted by Gasteiger charge is -2.34. The minimum absolute atomic E-state index is 0.140. The maximum atomic E-state index is 13.7. The van der Waals surface area contributed by atoms with Crippen LogP contribution in [0.2, 0.25) is 0 Å². The standard InChI is InChI=1S/C36H44N4O6S3/c1-26-23-38(24-27(2)46-26)49(44,45)31-18-14-15-28(21-31)34-29(25-40(37-34)30-16-10-9-11-17-30)22-32-35(43)39(36(47)48-32)20-13-8-6-4-3-5-7-12-19-33(41)42/h9-11,14-18,21-22,25-27H,3-8,12-13,19-20,23-24H2,1-2H3,(H,41,42). The number of para-hydroxylation sites is 1. The number of sulfonamides is 1. The van der Waals surface area contributed by atoms with Gasteiger partial charge in [0.1, 0.15) is 10.0 Å². The number of carbonyl (C=O) groups is 2. The third-order valence-corrected chi connectivity index (χ3v) is 11.8. The summed E-state index contributed by atoms with van der Waals surface area (Å²) in [6.07, 6.45) is 11.3. The number of carbonyl (C=O) groups excluding carboxylic acids is 1. The third kappa shape index (κ3) is 9.66. The molecule has 2 unspecified atom stereocenters. The highest BCUT2D eigenvalue weighted by atomic mass is 32.2. The molecule has 2 aliphatic heterocycles. The number of morpholine rings is 1. The number of rotatable bonds is 16. The van der Waals surface area contributed by atoms with E-state index in [4.69, 9.17) is 27.2 Å². The Labute approximate surface area is 298 Å². The molecule has 2 aliphatic rings. The van der Waals surface area contributed by atoms with Gasteiger partial charge in [0.15, 0.2) is 0 Å². The predicted octanol–water partition coefficient (Wildman–Crippen LogP) is 7.13. The molecular weight excluding hydrogens is 681 g/mol. The molecule has 1 N–H and O–H groups in total. The zero-order valence-electron chi connectivity index (χ0n) is 28.0. The summed E-state index contributed by atoms with van der Waals surface area (Å²) in [6, 6.07) is 16.4. The zero-order valence-corrected chi connectivity index (χ0v) is 30.4. The van der Waals surface area contributed by atoms with Crippen molar-refractivity contribution in [3.05, 3.63) is 71.3 Å². The van der Waals surface area contributed by atoms with Crippen molar-refractivity contribution in [1.29, 1.82) is 0 Å². The van der Waals surface area contributed by atoms with E-state index in [1.807, 2.05) is 56.4 Å². The van der Waals surface area contributed by atoms with Crippen LogP contribution in [0.4, 0.5) is 0 Å². The van der Waals surface area contributed by atoms with E-state index in [1.54, 1.807) is 33.9 Å². The van der Waals surface area contributed by atoms with Crippen molar-refractivity contribution in [1.82, 2.24) is 19.0 Å². The molecule has 10 nitrogen and oxygen atoms in total. The molecule has 0 aliphatic carbocycles. The number of thiocarbonyl (C=S) groups is 1. The molecule has 2 fully saturated rings. The maximum Gasteiger partial charge on any atom is 0.303 e. The van der Waals surface area contributed by atoms with Gasteiger partial charge in [-0.25, -0.2) is 13.1 Å². The number of carboxylic acids is 1. The van der Waals surface area contributed by atoms with Gasteiger partial charge in [-0.3, -0.25) is 14.5 Å². The number of aromatic nitrogens is 2. The van der Waals surface area contributed by atoms with E-state index in [9.17, 15) is 18.0 Å². The Morgan fingerprint density at radius 1 is 0.980 bits per heavy atom. The lowest BCUT2D eigenvalue weighted by Crippen LogP contribution is -2.48.